The highest BCUT2D eigenvalue weighted by atomic mass is 32.1. The average Bonchev–Trinajstić information content (AvgIpc) is 3.30. The summed E-state index contributed by atoms with van der Waals surface area (Å²) in [5.74, 6) is 0.932. The zero-order valence-electron chi connectivity index (χ0n) is 19.3. The molecular formula is C27H27N5S. The van der Waals surface area contributed by atoms with Crippen LogP contribution in [0.3, 0.4) is 0 Å². The zero-order chi connectivity index (χ0) is 23.1. The molecule has 1 fully saturated rings. The van der Waals surface area contributed by atoms with E-state index in [4.69, 9.17) is 12.2 Å². The minimum Gasteiger partial charge on any atom is -0.351 e. The highest BCUT2D eigenvalue weighted by Gasteiger charge is 2.42. The number of hydrogen-bond donors (Lipinski definition) is 1. The highest BCUT2D eigenvalue weighted by Crippen LogP contribution is 2.43. The SMILES string of the molecule is Cc1ccc(N2C(=S)NC(c3ccccn3)C2c2cc(C)n(-c3cc(C)ccn3)c2C)cc1. The molecule has 4 aromatic rings. The normalized spacial score (nSPS) is 17.9. The molecule has 0 amide bonds. The van der Waals surface area contributed by atoms with Gasteiger partial charge in [-0.15, -0.1) is 0 Å². The molecule has 5 nitrogen and oxygen atoms in total. The maximum absolute atomic E-state index is 5.87. The molecule has 3 aromatic heterocycles. The summed E-state index contributed by atoms with van der Waals surface area (Å²) in [5.41, 5.74) is 7.95. The van der Waals surface area contributed by atoms with Crippen molar-refractivity contribution < 1.29 is 0 Å². The minimum absolute atomic E-state index is 0.0418. The fraction of sp³-hybridized carbons (Fsp3) is 0.222. The Kier molecular flexibility index (Phi) is 5.46. The molecule has 1 aliphatic heterocycles. The molecule has 1 aromatic carbocycles. The van der Waals surface area contributed by atoms with Gasteiger partial charge in [-0.1, -0.05) is 23.8 Å². The molecule has 0 aliphatic carbocycles. The second-order valence-corrected chi connectivity index (χ2v) is 9.07. The van der Waals surface area contributed by atoms with Gasteiger partial charge in [0, 0.05) is 29.5 Å². The third-order valence-corrected chi connectivity index (χ3v) is 6.64. The number of nitrogens with one attached hydrogen (secondary N) is 1. The summed E-state index contributed by atoms with van der Waals surface area (Å²) in [6.45, 7) is 8.49. The Morgan fingerprint density at radius 1 is 0.848 bits per heavy atom. The molecule has 2 atom stereocenters. The Morgan fingerprint density at radius 2 is 1.64 bits per heavy atom. The van der Waals surface area contributed by atoms with E-state index in [0.29, 0.717) is 5.11 Å². The first kappa shape index (κ1) is 21.3. The third kappa shape index (κ3) is 3.80. The predicted octanol–water partition coefficient (Wildman–Crippen LogP) is 5.68. The molecule has 1 N–H and O–H groups in total. The smallest absolute Gasteiger partial charge is 0.174 e. The van der Waals surface area contributed by atoms with E-state index in [9.17, 15) is 0 Å². The van der Waals surface area contributed by atoms with Gasteiger partial charge in [0.25, 0.3) is 0 Å². The summed E-state index contributed by atoms with van der Waals surface area (Å²) >= 11 is 5.87. The second-order valence-electron chi connectivity index (χ2n) is 8.69. The topological polar surface area (TPSA) is 46.0 Å². The van der Waals surface area contributed by atoms with Gasteiger partial charge in [0.1, 0.15) is 5.82 Å². The maximum Gasteiger partial charge on any atom is 0.174 e. The van der Waals surface area contributed by atoms with Gasteiger partial charge in [0.05, 0.1) is 17.8 Å². The first-order chi connectivity index (χ1) is 15.9. The molecule has 0 bridgehead atoms. The van der Waals surface area contributed by atoms with Crippen molar-refractivity contribution in [3.63, 3.8) is 0 Å². The van der Waals surface area contributed by atoms with Crippen molar-refractivity contribution in [1.82, 2.24) is 19.9 Å². The van der Waals surface area contributed by atoms with Crippen LogP contribution in [0, 0.1) is 27.7 Å². The van der Waals surface area contributed by atoms with Crippen molar-refractivity contribution in [2.45, 2.75) is 39.8 Å². The average molecular weight is 454 g/mol. The first-order valence-electron chi connectivity index (χ1n) is 11.1. The highest BCUT2D eigenvalue weighted by molar-refractivity contribution is 7.80. The Bertz CT molecular complexity index is 1310. The predicted molar refractivity (Wildman–Crippen MR) is 137 cm³/mol. The van der Waals surface area contributed by atoms with Gasteiger partial charge in [-0.25, -0.2) is 4.98 Å². The van der Waals surface area contributed by atoms with Crippen LogP contribution >= 0.6 is 12.2 Å². The van der Waals surface area contributed by atoms with Crippen LogP contribution in [0.25, 0.3) is 5.82 Å². The molecule has 1 saturated heterocycles. The number of aromatic nitrogens is 3. The monoisotopic (exact) mass is 453 g/mol. The maximum atomic E-state index is 5.87. The molecule has 166 valence electrons. The van der Waals surface area contributed by atoms with Gasteiger partial charge in [0.15, 0.2) is 5.11 Å². The van der Waals surface area contributed by atoms with Crippen molar-refractivity contribution in [2.75, 3.05) is 4.90 Å². The van der Waals surface area contributed by atoms with E-state index in [0.717, 1.165) is 28.6 Å². The second kappa shape index (κ2) is 8.45. The van der Waals surface area contributed by atoms with Gasteiger partial charge in [-0.2, -0.15) is 0 Å². The van der Waals surface area contributed by atoms with Crippen molar-refractivity contribution >= 4 is 23.0 Å². The Balaban J connectivity index is 1.68. The summed E-state index contributed by atoms with van der Waals surface area (Å²) in [7, 11) is 0. The lowest BCUT2D eigenvalue weighted by Gasteiger charge is -2.28. The molecule has 0 spiro atoms. The first-order valence-corrected chi connectivity index (χ1v) is 11.5. The van der Waals surface area contributed by atoms with E-state index in [1.165, 1.54) is 16.7 Å². The number of rotatable bonds is 4. The van der Waals surface area contributed by atoms with Crippen LogP contribution in [0.5, 0.6) is 0 Å². The number of benzene rings is 1. The van der Waals surface area contributed by atoms with E-state index in [1.54, 1.807) is 0 Å². The molecule has 1 aliphatic rings. The van der Waals surface area contributed by atoms with Gasteiger partial charge in [-0.3, -0.25) is 4.98 Å². The van der Waals surface area contributed by atoms with Crippen LogP contribution in [0.2, 0.25) is 0 Å². The number of aryl methyl sites for hydroxylation is 3. The number of hydrogen-bond acceptors (Lipinski definition) is 3. The van der Waals surface area contributed by atoms with Crippen LogP contribution in [0.1, 0.15) is 45.9 Å². The summed E-state index contributed by atoms with van der Waals surface area (Å²) in [5, 5.41) is 4.26. The molecule has 0 radical (unpaired) electrons. The molecule has 6 heteroatoms. The number of nitrogens with zero attached hydrogens (tertiary/aromatic N) is 4. The molecule has 4 heterocycles. The molecular weight excluding hydrogens is 426 g/mol. The van der Waals surface area contributed by atoms with Crippen LogP contribution < -0.4 is 10.2 Å². The van der Waals surface area contributed by atoms with Gasteiger partial charge in [-0.05, 0) is 93.5 Å². The lowest BCUT2D eigenvalue weighted by molar-refractivity contribution is 0.565. The van der Waals surface area contributed by atoms with Crippen molar-refractivity contribution in [3.8, 4) is 5.82 Å². The number of pyridine rings is 2. The van der Waals surface area contributed by atoms with Gasteiger partial charge in [0.2, 0.25) is 0 Å². The van der Waals surface area contributed by atoms with E-state index in [2.05, 4.69) is 94.9 Å². The van der Waals surface area contributed by atoms with Crippen molar-refractivity contribution in [1.29, 1.82) is 0 Å². The minimum atomic E-state index is -0.0700. The standard InChI is InChI=1S/C27H27N5S/c1-17-8-10-21(11-9-17)32-26(25(30-27(32)33)23-7-5-6-13-28-23)22-16-19(3)31(20(22)4)24-15-18(2)12-14-29-24/h5-16,25-26H,1-4H3,(H,30,33). The largest absolute Gasteiger partial charge is 0.351 e. The lowest BCUT2D eigenvalue weighted by Crippen LogP contribution is -2.29. The van der Waals surface area contributed by atoms with E-state index in [1.807, 2.05) is 30.6 Å². The van der Waals surface area contributed by atoms with E-state index >= 15 is 0 Å². The third-order valence-electron chi connectivity index (χ3n) is 6.33. The lowest BCUT2D eigenvalue weighted by atomic mass is 9.96. The van der Waals surface area contributed by atoms with Crippen LogP contribution in [-0.4, -0.2) is 19.6 Å². The van der Waals surface area contributed by atoms with E-state index in [-0.39, 0.29) is 12.1 Å². The van der Waals surface area contributed by atoms with Crippen molar-refractivity contribution in [3.05, 3.63) is 107 Å². The Morgan fingerprint density at radius 3 is 2.33 bits per heavy atom. The van der Waals surface area contributed by atoms with Gasteiger partial charge < -0.3 is 14.8 Å². The Hall–Kier alpha value is -3.51. The summed E-state index contributed by atoms with van der Waals surface area (Å²) in [6, 6.07) is 20.9. The van der Waals surface area contributed by atoms with Crippen LogP contribution in [0.15, 0.2) is 73.1 Å². The summed E-state index contributed by atoms with van der Waals surface area (Å²) < 4.78 is 2.23. The Labute approximate surface area is 200 Å². The molecule has 0 saturated carbocycles. The summed E-state index contributed by atoms with van der Waals surface area (Å²) in [4.78, 5) is 11.5. The molecule has 5 rings (SSSR count). The fourth-order valence-electron chi connectivity index (χ4n) is 4.74. The summed E-state index contributed by atoms with van der Waals surface area (Å²) in [6.07, 6.45) is 3.70. The molecule has 2 unspecified atom stereocenters. The van der Waals surface area contributed by atoms with Crippen LogP contribution in [0.4, 0.5) is 5.69 Å². The zero-order valence-corrected chi connectivity index (χ0v) is 20.1. The number of thiocarbonyl (C=S) groups is 1. The van der Waals surface area contributed by atoms with Gasteiger partial charge >= 0.3 is 0 Å². The fourth-order valence-corrected chi connectivity index (χ4v) is 5.08. The quantitative estimate of drug-likeness (QED) is 0.403. The number of anilines is 1. The molecule has 33 heavy (non-hydrogen) atoms. The van der Waals surface area contributed by atoms with Crippen molar-refractivity contribution in [2.24, 2.45) is 0 Å². The van der Waals surface area contributed by atoms with E-state index < -0.39 is 0 Å². The van der Waals surface area contributed by atoms with Crippen LogP contribution in [-0.2, 0) is 0 Å².